The zero-order chi connectivity index (χ0) is 11.7. The van der Waals surface area contributed by atoms with Crippen LogP contribution in [0.5, 0.6) is 0 Å². The average molecular weight is 338 g/mol. The summed E-state index contributed by atoms with van der Waals surface area (Å²) in [7, 11) is 0. The Hall–Kier alpha value is -0.160. The molecule has 2 aromatic rings. The number of rotatable bonds is 2. The van der Waals surface area contributed by atoms with Crippen molar-refractivity contribution in [1.29, 1.82) is 0 Å². The molecular formula is C10H7BrCl2N2S. The Morgan fingerprint density at radius 3 is 2.38 bits per heavy atom. The minimum atomic E-state index is 0.432. The van der Waals surface area contributed by atoms with E-state index in [0.717, 1.165) is 21.3 Å². The second-order valence-corrected chi connectivity index (χ2v) is 5.63. The van der Waals surface area contributed by atoms with Crippen LogP contribution in [0.4, 0.5) is 0 Å². The van der Waals surface area contributed by atoms with Crippen molar-refractivity contribution in [3.63, 3.8) is 0 Å². The number of halogens is 3. The van der Waals surface area contributed by atoms with E-state index in [4.69, 9.17) is 23.2 Å². The third kappa shape index (κ3) is 2.40. The first kappa shape index (κ1) is 12.3. The van der Waals surface area contributed by atoms with Crippen molar-refractivity contribution >= 4 is 50.5 Å². The summed E-state index contributed by atoms with van der Waals surface area (Å²) < 4.78 is 1.00. The van der Waals surface area contributed by atoms with E-state index in [-0.39, 0.29) is 0 Å². The van der Waals surface area contributed by atoms with Gasteiger partial charge in [0.25, 0.3) is 0 Å². The van der Waals surface area contributed by atoms with Gasteiger partial charge >= 0.3 is 0 Å². The van der Waals surface area contributed by atoms with E-state index >= 15 is 0 Å². The molecule has 2 heterocycles. The van der Waals surface area contributed by atoms with Gasteiger partial charge in [0, 0.05) is 15.4 Å². The van der Waals surface area contributed by atoms with Crippen molar-refractivity contribution in [3.05, 3.63) is 31.8 Å². The molecule has 0 bridgehead atoms. The fourth-order valence-electron chi connectivity index (χ4n) is 1.26. The van der Waals surface area contributed by atoms with Gasteiger partial charge in [0.2, 0.25) is 0 Å². The highest BCUT2D eigenvalue weighted by atomic mass is 79.9. The minimum absolute atomic E-state index is 0.432. The summed E-state index contributed by atoms with van der Waals surface area (Å²) in [6, 6.07) is 1.94. The fraction of sp³-hybridized carbons (Fsp3) is 0.200. The summed E-state index contributed by atoms with van der Waals surface area (Å²) >= 11 is 17.0. The van der Waals surface area contributed by atoms with Gasteiger partial charge < -0.3 is 0 Å². The SMILES string of the molecule is CCc1c(Cl)nc(-c2cc(Br)cs2)nc1Cl. The van der Waals surface area contributed by atoms with Crippen molar-refractivity contribution in [2.24, 2.45) is 0 Å². The number of hydrogen-bond donors (Lipinski definition) is 0. The monoisotopic (exact) mass is 336 g/mol. The zero-order valence-electron chi connectivity index (χ0n) is 8.30. The molecule has 0 saturated carbocycles. The topological polar surface area (TPSA) is 25.8 Å². The highest BCUT2D eigenvalue weighted by Crippen LogP contribution is 2.31. The third-order valence-electron chi connectivity index (χ3n) is 2.05. The summed E-state index contributed by atoms with van der Waals surface area (Å²) in [6.07, 6.45) is 0.728. The van der Waals surface area contributed by atoms with Gasteiger partial charge in [-0.05, 0) is 28.4 Å². The maximum absolute atomic E-state index is 6.05. The van der Waals surface area contributed by atoms with E-state index in [0.29, 0.717) is 16.1 Å². The molecule has 0 amide bonds. The molecule has 0 aliphatic carbocycles. The van der Waals surface area contributed by atoms with Crippen molar-refractivity contribution in [2.45, 2.75) is 13.3 Å². The standard InChI is InChI=1S/C10H7BrCl2N2S/c1-2-6-8(12)14-10(15-9(6)13)7-3-5(11)4-16-7/h3-4H,2H2,1H3. The average Bonchev–Trinajstić information content (AvgIpc) is 2.64. The summed E-state index contributed by atoms with van der Waals surface area (Å²) in [5.74, 6) is 0.572. The van der Waals surface area contributed by atoms with Crippen LogP contribution in [0.2, 0.25) is 10.3 Å². The Bertz CT molecular complexity index is 504. The van der Waals surface area contributed by atoms with Crippen LogP contribution in [-0.4, -0.2) is 9.97 Å². The second-order valence-electron chi connectivity index (χ2n) is 3.09. The molecule has 2 rings (SSSR count). The Morgan fingerprint density at radius 2 is 1.94 bits per heavy atom. The van der Waals surface area contributed by atoms with Crippen molar-refractivity contribution in [1.82, 2.24) is 9.97 Å². The predicted octanol–water partition coefficient (Wildman–Crippen LogP) is 4.84. The molecule has 0 spiro atoms. The number of thiophene rings is 1. The molecule has 0 atom stereocenters. The predicted molar refractivity (Wildman–Crippen MR) is 72.4 cm³/mol. The van der Waals surface area contributed by atoms with E-state index in [2.05, 4.69) is 25.9 Å². The van der Waals surface area contributed by atoms with Gasteiger partial charge in [-0.3, -0.25) is 0 Å². The van der Waals surface area contributed by atoms with E-state index < -0.39 is 0 Å². The van der Waals surface area contributed by atoms with Crippen LogP contribution in [0.1, 0.15) is 12.5 Å². The number of hydrogen-bond acceptors (Lipinski definition) is 3. The van der Waals surface area contributed by atoms with Gasteiger partial charge in [0.05, 0.1) is 4.88 Å². The quantitative estimate of drug-likeness (QED) is 0.733. The highest BCUT2D eigenvalue weighted by molar-refractivity contribution is 9.10. The molecule has 2 nitrogen and oxygen atoms in total. The Kier molecular flexibility index (Phi) is 3.85. The molecule has 0 N–H and O–H groups in total. The number of aromatic nitrogens is 2. The molecule has 0 aliphatic heterocycles. The van der Waals surface area contributed by atoms with Crippen LogP contribution in [0.25, 0.3) is 10.7 Å². The molecule has 0 unspecified atom stereocenters. The van der Waals surface area contributed by atoms with Crippen molar-refractivity contribution < 1.29 is 0 Å². The Labute approximate surface area is 116 Å². The first-order valence-corrected chi connectivity index (χ1v) is 7.01. The van der Waals surface area contributed by atoms with Gasteiger partial charge in [-0.15, -0.1) is 11.3 Å². The van der Waals surface area contributed by atoms with E-state index in [1.165, 1.54) is 0 Å². The Morgan fingerprint density at radius 1 is 1.31 bits per heavy atom. The molecule has 0 radical (unpaired) electrons. The van der Waals surface area contributed by atoms with Gasteiger partial charge in [0.1, 0.15) is 10.3 Å². The molecule has 84 valence electrons. The molecule has 0 saturated heterocycles. The molecular weight excluding hydrogens is 331 g/mol. The first-order chi connectivity index (χ1) is 7.61. The van der Waals surface area contributed by atoms with Crippen LogP contribution < -0.4 is 0 Å². The molecule has 0 aromatic carbocycles. The van der Waals surface area contributed by atoms with E-state index in [1.807, 2.05) is 18.4 Å². The zero-order valence-corrected chi connectivity index (χ0v) is 12.2. The van der Waals surface area contributed by atoms with Crippen LogP contribution in [-0.2, 0) is 6.42 Å². The van der Waals surface area contributed by atoms with Gasteiger partial charge in [0.15, 0.2) is 5.82 Å². The summed E-state index contributed by atoms with van der Waals surface area (Å²) in [5.41, 5.74) is 0.794. The first-order valence-electron chi connectivity index (χ1n) is 4.58. The van der Waals surface area contributed by atoms with E-state index in [9.17, 15) is 0 Å². The smallest absolute Gasteiger partial charge is 0.172 e. The highest BCUT2D eigenvalue weighted by Gasteiger charge is 2.12. The summed E-state index contributed by atoms with van der Waals surface area (Å²) in [5, 5.41) is 2.83. The maximum Gasteiger partial charge on any atom is 0.172 e. The largest absolute Gasteiger partial charge is 0.215 e. The number of nitrogens with zero attached hydrogens (tertiary/aromatic N) is 2. The lowest BCUT2D eigenvalue weighted by molar-refractivity contribution is 1.05. The third-order valence-corrected chi connectivity index (χ3v) is 4.36. The van der Waals surface area contributed by atoms with Crippen molar-refractivity contribution in [3.8, 4) is 10.7 Å². The Balaban J connectivity index is 2.52. The van der Waals surface area contributed by atoms with Crippen LogP contribution in [0, 0.1) is 0 Å². The molecule has 6 heteroatoms. The van der Waals surface area contributed by atoms with Crippen LogP contribution >= 0.6 is 50.5 Å². The molecule has 0 aliphatic rings. The van der Waals surface area contributed by atoms with Gasteiger partial charge in [-0.2, -0.15) is 0 Å². The lowest BCUT2D eigenvalue weighted by Crippen LogP contribution is -1.95. The van der Waals surface area contributed by atoms with Gasteiger partial charge in [-0.1, -0.05) is 30.1 Å². The summed E-state index contributed by atoms with van der Waals surface area (Å²) in [4.78, 5) is 9.44. The molecule has 16 heavy (non-hydrogen) atoms. The van der Waals surface area contributed by atoms with Gasteiger partial charge in [-0.25, -0.2) is 9.97 Å². The van der Waals surface area contributed by atoms with Crippen molar-refractivity contribution in [2.75, 3.05) is 0 Å². The fourth-order valence-corrected chi connectivity index (χ4v) is 3.28. The molecule has 2 aromatic heterocycles. The lowest BCUT2D eigenvalue weighted by Gasteiger charge is -2.04. The van der Waals surface area contributed by atoms with Crippen LogP contribution in [0.15, 0.2) is 15.9 Å². The second kappa shape index (κ2) is 5.00. The lowest BCUT2D eigenvalue weighted by atomic mass is 10.2. The molecule has 0 fully saturated rings. The summed E-state index contributed by atoms with van der Waals surface area (Å²) in [6.45, 7) is 1.97. The van der Waals surface area contributed by atoms with E-state index in [1.54, 1.807) is 11.3 Å². The minimum Gasteiger partial charge on any atom is -0.215 e. The normalized spacial score (nSPS) is 10.8. The maximum atomic E-state index is 6.05. The van der Waals surface area contributed by atoms with Crippen LogP contribution in [0.3, 0.4) is 0 Å².